The van der Waals surface area contributed by atoms with Gasteiger partial charge in [-0.25, -0.2) is 0 Å². The molecule has 2 nitrogen and oxygen atoms in total. The molecule has 0 unspecified atom stereocenters. The fraction of sp³-hybridized carbons (Fsp3) is 0.462. The van der Waals surface area contributed by atoms with Crippen LogP contribution in [-0.2, 0) is 4.74 Å². The molecule has 1 aromatic rings. The molecule has 0 heterocycles. The molecule has 2 heteroatoms. The van der Waals surface area contributed by atoms with Gasteiger partial charge in [0.05, 0.1) is 0 Å². The molecule has 0 radical (unpaired) electrons. The largest absolute Gasteiger partial charge is 0.377 e. The maximum Gasteiger partial charge on any atom is 0.188 e. The van der Waals surface area contributed by atoms with Gasteiger partial charge in [-0.05, 0) is 49.9 Å². The van der Waals surface area contributed by atoms with Gasteiger partial charge in [-0.3, -0.25) is 4.79 Å². The third kappa shape index (κ3) is 2.26. The third-order valence-corrected chi connectivity index (χ3v) is 2.92. The average molecular weight is 206 g/mol. The number of ketones is 1. The first kappa shape index (κ1) is 11.9. The van der Waals surface area contributed by atoms with Gasteiger partial charge < -0.3 is 4.74 Å². The average Bonchev–Trinajstić information content (AvgIpc) is 2.16. The van der Waals surface area contributed by atoms with Crippen LogP contribution in [0.3, 0.4) is 0 Å². The van der Waals surface area contributed by atoms with Gasteiger partial charge in [0.2, 0.25) is 0 Å². The van der Waals surface area contributed by atoms with Crippen molar-refractivity contribution in [1.29, 1.82) is 0 Å². The Morgan fingerprint density at radius 2 is 1.60 bits per heavy atom. The van der Waals surface area contributed by atoms with Crippen molar-refractivity contribution in [3.05, 3.63) is 33.9 Å². The van der Waals surface area contributed by atoms with Crippen LogP contribution in [0.15, 0.2) is 6.07 Å². The number of ether oxygens (including phenoxy) is 1. The van der Waals surface area contributed by atoms with Crippen LogP contribution in [0.5, 0.6) is 0 Å². The molecule has 0 bridgehead atoms. The summed E-state index contributed by atoms with van der Waals surface area (Å²) in [6, 6.07) is 2.12. The molecule has 0 saturated heterocycles. The van der Waals surface area contributed by atoms with Crippen molar-refractivity contribution in [1.82, 2.24) is 0 Å². The topological polar surface area (TPSA) is 26.3 Å². The summed E-state index contributed by atoms with van der Waals surface area (Å²) >= 11 is 0. The van der Waals surface area contributed by atoms with Crippen LogP contribution in [0, 0.1) is 27.7 Å². The summed E-state index contributed by atoms with van der Waals surface area (Å²) < 4.78 is 4.90. The molecule has 0 aliphatic rings. The van der Waals surface area contributed by atoms with E-state index in [0.29, 0.717) is 0 Å². The van der Waals surface area contributed by atoms with Gasteiger partial charge >= 0.3 is 0 Å². The highest BCUT2D eigenvalue weighted by molar-refractivity contribution is 6.00. The second-order valence-electron chi connectivity index (χ2n) is 3.99. The quantitative estimate of drug-likeness (QED) is 0.711. The molecule has 0 aromatic heterocycles. The third-order valence-electron chi connectivity index (χ3n) is 2.92. The number of rotatable bonds is 3. The smallest absolute Gasteiger partial charge is 0.188 e. The molecule has 0 aliphatic heterocycles. The lowest BCUT2D eigenvalue weighted by atomic mass is 9.92. The maximum absolute atomic E-state index is 11.9. The summed E-state index contributed by atoms with van der Waals surface area (Å²) in [6.07, 6.45) is 0. The predicted octanol–water partition coefficient (Wildman–Crippen LogP) is 2.75. The highest BCUT2D eigenvalue weighted by atomic mass is 16.5. The minimum absolute atomic E-state index is 0.0688. The standard InChI is InChI=1S/C13H18O2/c1-8-6-9(2)11(4)13(10(8)3)12(14)7-15-5/h6H,7H2,1-5H3. The van der Waals surface area contributed by atoms with Crippen LogP contribution in [0.4, 0.5) is 0 Å². The van der Waals surface area contributed by atoms with Crippen LogP contribution < -0.4 is 0 Å². The first-order valence-electron chi connectivity index (χ1n) is 5.08. The van der Waals surface area contributed by atoms with Crippen molar-refractivity contribution >= 4 is 5.78 Å². The minimum atomic E-state index is 0.0688. The zero-order valence-electron chi connectivity index (χ0n) is 10.1. The summed E-state index contributed by atoms with van der Waals surface area (Å²) in [5, 5.41) is 0. The summed E-state index contributed by atoms with van der Waals surface area (Å²) in [6.45, 7) is 8.20. The molecule has 1 rings (SSSR count). The molecular weight excluding hydrogens is 188 g/mol. The number of benzene rings is 1. The molecule has 0 fully saturated rings. The summed E-state index contributed by atoms with van der Waals surface area (Å²) in [5.41, 5.74) is 5.30. The van der Waals surface area contributed by atoms with Crippen LogP contribution in [0.1, 0.15) is 32.6 Å². The lowest BCUT2D eigenvalue weighted by Crippen LogP contribution is -2.12. The number of carbonyl (C=O) groups excluding carboxylic acids is 1. The predicted molar refractivity (Wildman–Crippen MR) is 61.6 cm³/mol. The highest BCUT2D eigenvalue weighted by Crippen LogP contribution is 2.21. The number of carbonyl (C=O) groups is 1. The lowest BCUT2D eigenvalue weighted by molar-refractivity contribution is 0.0846. The van der Waals surface area contributed by atoms with Gasteiger partial charge in [0, 0.05) is 12.7 Å². The second-order valence-corrected chi connectivity index (χ2v) is 3.99. The Hall–Kier alpha value is -1.15. The van der Waals surface area contributed by atoms with Crippen LogP contribution >= 0.6 is 0 Å². The number of methoxy groups -OCH3 is 1. The van der Waals surface area contributed by atoms with E-state index >= 15 is 0 Å². The van der Waals surface area contributed by atoms with Gasteiger partial charge in [0.25, 0.3) is 0 Å². The van der Waals surface area contributed by atoms with E-state index in [1.165, 1.54) is 0 Å². The summed E-state index contributed by atoms with van der Waals surface area (Å²) in [4.78, 5) is 11.9. The van der Waals surface area contributed by atoms with E-state index in [0.717, 1.165) is 27.8 Å². The van der Waals surface area contributed by atoms with Gasteiger partial charge in [-0.1, -0.05) is 6.07 Å². The van der Waals surface area contributed by atoms with Gasteiger partial charge in [-0.15, -0.1) is 0 Å². The van der Waals surface area contributed by atoms with Crippen LogP contribution in [0.25, 0.3) is 0 Å². The van der Waals surface area contributed by atoms with E-state index in [1.807, 2.05) is 27.7 Å². The van der Waals surface area contributed by atoms with Crippen molar-refractivity contribution in [2.24, 2.45) is 0 Å². The van der Waals surface area contributed by atoms with Gasteiger partial charge in [-0.2, -0.15) is 0 Å². The Kier molecular flexibility index (Phi) is 3.64. The van der Waals surface area contributed by atoms with Crippen molar-refractivity contribution < 1.29 is 9.53 Å². The van der Waals surface area contributed by atoms with Crippen molar-refractivity contribution in [2.45, 2.75) is 27.7 Å². The first-order chi connectivity index (χ1) is 6.99. The molecule has 0 aliphatic carbocycles. The van der Waals surface area contributed by atoms with Crippen molar-refractivity contribution in [3.8, 4) is 0 Å². The summed E-state index contributed by atoms with van der Waals surface area (Å²) in [7, 11) is 1.55. The normalized spacial score (nSPS) is 10.5. The Labute approximate surface area is 91.3 Å². The molecule has 82 valence electrons. The summed E-state index contributed by atoms with van der Waals surface area (Å²) in [5.74, 6) is 0.0688. The molecule has 15 heavy (non-hydrogen) atoms. The number of aryl methyl sites for hydroxylation is 2. The lowest BCUT2D eigenvalue weighted by Gasteiger charge is -2.13. The number of Topliss-reactive ketones (excluding diaryl/α,β-unsaturated/α-hetero) is 1. The van der Waals surface area contributed by atoms with E-state index in [1.54, 1.807) is 7.11 Å². The monoisotopic (exact) mass is 206 g/mol. The molecule has 0 saturated carbocycles. The van der Waals surface area contributed by atoms with E-state index in [2.05, 4.69) is 6.07 Å². The van der Waals surface area contributed by atoms with E-state index in [-0.39, 0.29) is 12.4 Å². The maximum atomic E-state index is 11.9. The Morgan fingerprint density at radius 1 is 1.13 bits per heavy atom. The fourth-order valence-electron chi connectivity index (χ4n) is 1.84. The molecule has 0 spiro atoms. The van der Waals surface area contributed by atoms with Crippen molar-refractivity contribution in [2.75, 3.05) is 13.7 Å². The zero-order chi connectivity index (χ0) is 11.6. The van der Waals surface area contributed by atoms with E-state index < -0.39 is 0 Å². The van der Waals surface area contributed by atoms with Gasteiger partial charge in [0.1, 0.15) is 6.61 Å². The van der Waals surface area contributed by atoms with Crippen LogP contribution in [0.2, 0.25) is 0 Å². The second kappa shape index (κ2) is 4.58. The Bertz CT molecular complexity index is 366. The van der Waals surface area contributed by atoms with Crippen molar-refractivity contribution in [3.63, 3.8) is 0 Å². The van der Waals surface area contributed by atoms with E-state index in [9.17, 15) is 4.79 Å². The minimum Gasteiger partial charge on any atom is -0.377 e. The molecule has 0 atom stereocenters. The van der Waals surface area contributed by atoms with E-state index in [4.69, 9.17) is 4.74 Å². The molecule has 1 aromatic carbocycles. The fourth-order valence-corrected chi connectivity index (χ4v) is 1.84. The molecule has 0 N–H and O–H groups in total. The highest BCUT2D eigenvalue weighted by Gasteiger charge is 2.15. The van der Waals surface area contributed by atoms with Gasteiger partial charge in [0.15, 0.2) is 5.78 Å². The zero-order valence-corrected chi connectivity index (χ0v) is 10.1. The molecular formula is C13H18O2. The Morgan fingerprint density at radius 3 is 2.00 bits per heavy atom. The first-order valence-corrected chi connectivity index (χ1v) is 5.08. The van der Waals surface area contributed by atoms with Crippen LogP contribution in [-0.4, -0.2) is 19.5 Å². The Balaban J connectivity index is 3.32. The SMILES string of the molecule is COCC(=O)c1c(C)c(C)cc(C)c1C. The molecule has 0 amide bonds. The number of hydrogen-bond acceptors (Lipinski definition) is 2. The number of hydrogen-bond donors (Lipinski definition) is 0.